The Labute approximate surface area is 204 Å². The summed E-state index contributed by atoms with van der Waals surface area (Å²) in [6, 6.07) is 5.84. The number of halogens is 1. The van der Waals surface area contributed by atoms with E-state index < -0.39 is 0 Å². The van der Waals surface area contributed by atoms with Crippen LogP contribution in [-0.4, -0.2) is 87.5 Å². The predicted molar refractivity (Wildman–Crippen MR) is 122 cm³/mol. The van der Waals surface area contributed by atoms with E-state index >= 15 is 0 Å². The third kappa shape index (κ3) is 4.10. The van der Waals surface area contributed by atoms with Gasteiger partial charge in [-0.1, -0.05) is 0 Å². The molecule has 160 valence electrons. The number of aromatic nitrogens is 4. The van der Waals surface area contributed by atoms with Crippen molar-refractivity contribution in [1.82, 2.24) is 24.5 Å². The van der Waals surface area contributed by atoms with E-state index in [1.54, 1.807) is 27.7 Å². The van der Waals surface area contributed by atoms with Crippen LogP contribution in [0.3, 0.4) is 0 Å². The minimum absolute atomic E-state index is 0.0611. The summed E-state index contributed by atoms with van der Waals surface area (Å²) in [5.41, 5.74) is 2.06. The number of carbonyl (C=O) groups excluding carboxylic acids is 1. The second kappa shape index (κ2) is 8.42. The van der Waals surface area contributed by atoms with Crippen molar-refractivity contribution < 1.29 is 4.79 Å². The van der Waals surface area contributed by atoms with Gasteiger partial charge in [-0.2, -0.15) is 0 Å². The normalized spacial score (nSPS) is 16.9. The zero-order chi connectivity index (χ0) is 22.4. The van der Waals surface area contributed by atoms with E-state index in [9.17, 15) is 10.1 Å². The van der Waals surface area contributed by atoms with Gasteiger partial charge in [-0.3, -0.25) is 0 Å². The second-order valence-corrected chi connectivity index (χ2v) is 10.1. The van der Waals surface area contributed by atoms with E-state index in [0.717, 1.165) is 47.2 Å². The number of fused-ring (bicyclic) bond motifs is 1. The molecular weight excluding hydrogens is 533 g/mol. The molecule has 1 amide bonds. The molecule has 32 heavy (non-hydrogen) atoms. The molecule has 1 aromatic carbocycles. The van der Waals surface area contributed by atoms with Crippen LogP contribution >= 0.6 is 11.6 Å². The Morgan fingerprint density at radius 1 is 1.31 bits per heavy atom. The number of hydrogen-bond donors (Lipinski definition) is 2. The summed E-state index contributed by atoms with van der Waals surface area (Å²) in [6.45, 7) is 1.52. The molecular formula is C20H19ClInN9O. The van der Waals surface area contributed by atoms with E-state index in [-0.39, 0.29) is 5.91 Å². The van der Waals surface area contributed by atoms with Crippen LogP contribution in [-0.2, 0) is 4.79 Å². The summed E-state index contributed by atoms with van der Waals surface area (Å²) in [6.07, 6.45) is 4.00. The number of imidazole rings is 1. The third-order valence-electron chi connectivity index (χ3n) is 5.44. The molecule has 1 aliphatic heterocycles. The molecule has 0 bridgehead atoms. The standard InChI is InChI=1S/C20H19ClN9O.In/c1-28-6-7-29(16(31)11-28)15-9-12(10-22)8-14(17(15)21)25-20-26-18(24-13-2-3-13)19-23-4-5-30(19)27-20;/h4,8-9,13H,2-3,6-7,11H2,1H3,(H2,24,25,26,27);. The number of nitrogens with one attached hydrogen (secondary N) is 2. The van der Waals surface area contributed by atoms with Gasteiger partial charge in [0.05, 0.1) is 0 Å². The van der Waals surface area contributed by atoms with Gasteiger partial charge in [0.2, 0.25) is 0 Å². The van der Waals surface area contributed by atoms with Crippen LogP contribution in [0.4, 0.5) is 23.1 Å². The number of rotatable bonds is 5. The fourth-order valence-electron chi connectivity index (χ4n) is 3.60. The molecule has 0 spiro atoms. The number of anilines is 4. The van der Waals surface area contributed by atoms with Gasteiger partial charge in [-0.15, -0.1) is 0 Å². The van der Waals surface area contributed by atoms with Crippen molar-refractivity contribution in [3.05, 3.63) is 28.9 Å². The Kier molecular flexibility index (Phi) is 5.61. The molecule has 2 radical (unpaired) electrons. The van der Waals surface area contributed by atoms with E-state index in [1.165, 1.54) is 0 Å². The third-order valence-corrected chi connectivity index (χ3v) is 6.96. The Hall–Kier alpha value is -2.55. The predicted octanol–water partition coefficient (Wildman–Crippen LogP) is 1.04. The molecule has 0 atom stereocenters. The summed E-state index contributed by atoms with van der Waals surface area (Å²) < 4.78 is 2.77. The van der Waals surface area contributed by atoms with Gasteiger partial charge in [-0.25, -0.2) is 0 Å². The van der Waals surface area contributed by atoms with Crippen LogP contribution in [0.15, 0.2) is 18.3 Å². The maximum atomic E-state index is 12.6. The maximum absolute atomic E-state index is 12.6. The first kappa shape index (κ1) is 21.3. The number of nitriles is 1. The van der Waals surface area contributed by atoms with Crippen molar-refractivity contribution in [3.63, 3.8) is 0 Å². The Bertz CT molecular complexity index is 1270. The van der Waals surface area contributed by atoms with Crippen molar-refractivity contribution in [2.75, 3.05) is 42.2 Å². The van der Waals surface area contributed by atoms with Crippen molar-refractivity contribution in [2.24, 2.45) is 0 Å². The number of carbonyl (C=O) groups is 1. The second-order valence-electron chi connectivity index (χ2n) is 8.00. The summed E-state index contributed by atoms with van der Waals surface area (Å²) in [5, 5.41) is 21.1. The van der Waals surface area contributed by atoms with E-state index in [0.29, 0.717) is 58.5 Å². The zero-order valence-electron chi connectivity index (χ0n) is 17.3. The molecule has 2 aromatic heterocycles. The van der Waals surface area contributed by atoms with Crippen LogP contribution in [0.2, 0.25) is 5.02 Å². The van der Waals surface area contributed by atoms with Gasteiger partial charge in [0.15, 0.2) is 0 Å². The molecule has 3 heterocycles. The van der Waals surface area contributed by atoms with Crippen LogP contribution in [0, 0.1) is 11.3 Å². The fraction of sp³-hybridized carbons (Fsp3) is 0.350. The Morgan fingerprint density at radius 3 is 2.84 bits per heavy atom. The first-order valence-corrected chi connectivity index (χ1v) is 12.2. The van der Waals surface area contributed by atoms with E-state index in [1.807, 2.05) is 11.9 Å². The SMILES string of the molecule is CN1CCN(c2cc(C#N)cc(Nc3nc(NC4CC4)c4nc[c]([In])n4n3)c2Cl)C(=O)C1. The Balaban J connectivity index is 1.54. The molecule has 2 aliphatic rings. The molecule has 3 aromatic rings. The van der Waals surface area contributed by atoms with Crippen molar-refractivity contribution in [3.8, 4) is 6.07 Å². The van der Waals surface area contributed by atoms with Gasteiger partial charge in [0.1, 0.15) is 0 Å². The monoisotopic (exact) mass is 551 g/mol. The van der Waals surface area contributed by atoms with Crippen LogP contribution in [0.5, 0.6) is 0 Å². The van der Waals surface area contributed by atoms with Gasteiger partial charge in [0.25, 0.3) is 0 Å². The van der Waals surface area contributed by atoms with E-state index in [4.69, 9.17) is 11.6 Å². The first-order valence-electron chi connectivity index (χ1n) is 10.2. The number of amides is 1. The average Bonchev–Trinajstić information content (AvgIpc) is 3.51. The molecule has 1 saturated heterocycles. The molecule has 1 aliphatic carbocycles. The van der Waals surface area contributed by atoms with Crippen molar-refractivity contribution >= 4 is 74.1 Å². The summed E-state index contributed by atoms with van der Waals surface area (Å²) in [7, 11) is 1.90. The van der Waals surface area contributed by atoms with Crippen molar-refractivity contribution in [2.45, 2.75) is 18.9 Å². The van der Waals surface area contributed by atoms with Crippen LogP contribution < -0.4 is 19.0 Å². The summed E-state index contributed by atoms with van der Waals surface area (Å²) >= 11 is 7.57. The van der Waals surface area contributed by atoms with Crippen LogP contribution in [0.1, 0.15) is 18.4 Å². The van der Waals surface area contributed by atoms with Crippen LogP contribution in [0.25, 0.3) is 5.65 Å². The molecule has 5 rings (SSSR count). The average molecular weight is 552 g/mol. The zero-order valence-corrected chi connectivity index (χ0v) is 21.4. The topological polar surface area (TPSA) is 114 Å². The van der Waals surface area contributed by atoms with E-state index in [2.05, 4.69) is 31.8 Å². The van der Waals surface area contributed by atoms with Gasteiger partial charge >= 0.3 is 198 Å². The first-order chi connectivity index (χ1) is 15.4. The number of nitrogens with zero attached hydrogens (tertiary/aromatic N) is 7. The fourth-order valence-corrected chi connectivity index (χ4v) is 4.58. The Morgan fingerprint density at radius 2 is 2.12 bits per heavy atom. The number of hydrogen-bond acceptors (Lipinski definition) is 8. The van der Waals surface area contributed by atoms with Gasteiger partial charge in [0, 0.05) is 0 Å². The van der Waals surface area contributed by atoms with Crippen molar-refractivity contribution in [1.29, 1.82) is 5.26 Å². The number of piperazine rings is 1. The molecule has 2 fully saturated rings. The quantitative estimate of drug-likeness (QED) is 0.484. The van der Waals surface area contributed by atoms with Gasteiger partial charge in [-0.05, 0) is 7.05 Å². The summed E-state index contributed by atoms with van der Waals surface area (Å²) in [4.78, 5) is 25.3. The van der Waals surface area contributed by atoms with Gasteiger partial charge < -0.3 is 0 Å². The molecule has 0 unspecified atom stereocenters. The molecule has 12 heteroatoms. The number of likely N-dealkylation sites (N-methyl/N-ethyl adjacent to an activating group) is 1. The minimum atomic E-state index is -0.0611. The summed E-state index contributed by atoms with van der Waals surface area (Å²) in [5.74, 6) is 0.934. The number of benzene rings is 1. The molecule has 2 N–H and O–H groups in total. The molecule has 1 saturated carbocycles. The molecule has 10 nitrogen and oxygen atoms in total.